The number of ketones is 1. The summed E-state index contributed by atoms with van der Waals surface area (Å²) in [7, 11) is 0. The van der Waals surface area contributed by atoms with Gasteiger partial charge in [0.2, 0.25) is 0 Å². The Labute approximate surface area is 94.6 Å². The van der Waals surface area contributed by atoms with Crippen LogP contribution in [0.3, 0.4) is 0 Å². The maximum absolute atomic E-state index is 11.4. The fourth-order valence-corrected chi connectivity index (χ4v) is 1.44. The Hall–Kier alpha value is -1.95. The van der Waals surface area contributed by atoms with Crippen molar-refractivity contribution < 1.29 is 19.6 Å². The van der Waals surface area contributed by atoms with Gasteiger partial charge in [0.15, 0.2) is 5.78 Å². The number of hydrogen-bond donors (Lipinski definition) is 1. The second kappa shape index (κ2) is 4.71. The molecule has 0 unspecified atom stereocenters. The van der Waals surface area contributed by atoms with E-state index >= 15 is 0 Å². The number of rotatable bonds is 4. The van der Waals surface area contributed by atoms with Crippen molar-refractivity contribution in [2.24, 2.45) is 0 Å². The third kappa shape index (κ3) is 2.54. The summed E-state index contributed by atoms with van der Waals surface area (Å²) in [6.45, 7) is 0. The summed E-state index contributed by atoms with van der Waals surface area (Å²) < 4.78 is 0. The molecule has 0 aromatic heterocycles. The van der Waals surface area contributed by atoms with Gasteiger partial charge in [-0.25, -0.2) is 0 Å². The zero-order chi connectivity index (χ0) is 12.3. The lowest BCUT2D eigenvalue weighted by atomic mass is 10.1. The van der Waals surface area contributed by atoms with Gasteiger partial charge in [-0.1, -0.05) is 17.7 Å². The molecule has 6 nitrogen and oxygen atoms in total. The molecule has 0 aliphatic carbocycles. The first-order chi connectivity index (χ1) is 7.43. The van der Waals surface area contributed by atoms with Crippen LogP contribution in [-0.2, 0) is 4.79 Å². The molecule has 7 heteroatoms. The van der Waals surface area contributed by atoms with E-state index in [1.807, 2.05) is 0 Å². The minimum Gasteiger partial charge on any atom is -0.481 e. The fourth-order valence-electron chi connectivity index (χ4n) is 1.17. The Morgan fingerprint density at radius 3 is 2.56 bits per heavy atom. The Balaban J connectivity index is 3.25. The number of benzene rings is 1. The smallest absolute Gasteiger partial charge is 0.311 e. The highest BCUT2D eigenvalue weighted by Crippen LogP contribution is 2.27. The Kier molecular flexibility index (Phi) is 3.57. The van der Waals surface area contributed by atoms with Gasteiger partial charge >= 0.3 is 5.97 Å². The molecule has 1 aromatic carbocycles. The topological polar surface area (TPSA) is 97.5 Å². The van der Waals surface area contributed by atoms with E-state index in [0.29, 0.717) is 0 Å². The minimum atomic E-state index is -1.36. The number of carbonyl (C=O) groups is 2. The second-order valence-corrected chi connectivity index (χ2v) is 3.29. The first kappa shape index (κ1) is 12.1. The number of halogens is 1. The van der Waals surface area contributed by atoms with Gasteiger partial charge in [0.1, 0.15) is 12.0 Å². The quantitative estimate of drug-likeness (QED) is 0.377. The van der Waals surface area contributed by atoms with E-state index < -0.39 is 28.8 Å². The SMILES string of the molecule is O=C(O)CC(=O)c1c(Cl)cccc1[N+](=O)[O-]. The molecule has 0 amide bonds. The lowest BCUT2D eigenvalue weighted by molar-refractivity contribution is -0.385. The highest BCUT2D eigenvalue weighted by Gasteiger charge is 2.24. The summed E-state index contributed by atoms with van der Waals surface area (Å²) in [6, 6.07) is 3.71. The standard InChI is InChI=1S/C9H6ClNO5/c10-5-2-1-3-6(11(15)16)9(5)7(12)4-8(13)14/h1-3H,4H2,(H,13,14). The number of Topliss-reactive ketones (excluding diaryl/α,β-unsaturated/α-hetero) is 1. The van der Waals surface area contributed by atoms with Gasteiger partial charge in [-0.2, -0.15) is 0 Å². The van der Waals surface area contributed by atoms with Crippen LogP contribution in [0.15, 0.2) is 18.2 Å². The monoisotopic (exact) mass is 243 g/mol. The average molecular weight is 244 g/mol. The largest absolute Gasteiger partial charge is 0.481 e. The van der Waals surface area contributed by atoms with Crippen molar-refractivity contribution in [2.75, 3.05) is 0 Å². The zero-order valence-corrected chi connectivity index (χ0v) is 8.60. The van der Waals surface area contributed by atoms with Gasteiger partial charge in [-0.05, 0) is 6.07 Å². The van der Waals surface area contributed by atoms with Gasteiger partial charge in [-0.3, -0.25) is 19.7 Å². The van der Waals surface area contributed by atoms with Gasteiger partial charge in [-0.15, -0.1) is 0 Å². The number of nitrogens with zero attached hydrogens (tertiary/aromatic N) is 1. The number of carboxylic acid groups (broad SMARTS) is 1. The molecule has 0 atom stereocenters. The van der Waals surface area contributed by atoms with Gasteiger partial charge < -0.3 is 5.11 Å². The van der Waals surface area contributed by atoms with Crippen LogP contribution in [0.2, 0.25) is 5.02 Å². The molecule has 1 aromatic rings. The number of nitro groups is 1. The van der Waals surface area contributed by atoms with E-state index in [2.05, 4.69) is 0 Å². The number of nitro benzene ring substituents is 1. The summed E-state index contributed by atoms with van der Waals surface area (Å²) in [5.41, 5.74) is -0.852. The van der Waals surface area contributed by atoms with Crippen molar-refractivity contribution in [3.63, 3.8) is 0 Å². The molecule has 16 heavy (non-hydrogen) atoms. The van der Waals surface area contributed by atoms with Crippen molar-refractivity contribution in [1.29, 1.82) is 0 Å². The Morgan fingerprint density at radius 2 is 2.06 bits per heavy atom. The first-order valence-corrected chi connectivity index (χ1v) is 4.49. The molecule has 0 aliphatic heterocycles. The minimum absolute atomic E-state index is 0.125. The van der Waals surface area contributed by atoms with E-state index in [1.54, 1.807) is 0 Å². The Bertz CT molecular complexity index is 471. The van der Waals surface area contributed by atoms with Gasteiger partial charge in [0, 0.05) is 6.07 Å². The van der Waals surface area contributed by atoms with Crippen molar-refractivity contribution in [2.45, 2.75) is 6.42 Å². The lowest BCUT2D eigenvalue weighted by Gasteiger charge is -2.02. The van der Waals surface area contributed by atoms with E-state index in [1.165, 1.54) is 12.1 Å². The number of carbonyl (C=O) groups excluding carboxylic acids is 1. The molecule has 84 valence electrons. The van der Waals surface area contributed by atoms with E-state index in [4.69, 9.17) is 16.7 Å². The van der Waals surface area contributed by atoms with Crippen LogP contribution in [0.5, 0.6) is 0 Å². The molecule has 0 saturated heterocycles. The molecule has 1 rings (SSSR count). The van der Waals surface area contributed by atoms with E-state index in [-0.39, 0.29) is 10.6 Å². The molecular weight excluding hydrogens is 238 g/mol. The number of carboxylic acids is 1. The maximum atomic E-state index is 11.4. The maximum Gasteiger partial charge on any atom is 0.311 e. The highest BCUT2D eigenvalue weighted by molar-refractivity contribution is 6.35. The van der Waals surface area contributed by atoms with Crippen LogP contribution in [-0.4, -0.2) is 21.8 Å². The van der Waals surface area contributed by atoms with Crippen LogP contribution in [0.4, 0.5) is 5.69 Å². The summed E-state index contributed by atoms with van der Waals surface area (Å²) in [5.74, 6) is -2.25. The van der Waals surface area contributed by atoms with Crippen LogP contribution < -0.4 is 0 Å². The average Bonchev–Trinajstić information content (AvgIpc) is 2.15. The molecule has 0 spiro atoms. The molecule has 0 heterocycles. The molecule has 1 N–H and O–H groups in total. The van der Waals surface area contributed by atoms with E-state index in [9.17, 15) is 19.7 Å². The third-order valence-electron chi connectivity index (χ3n) is 1.78. The molecule has 0 saturated carbocycles. The summed E-state index contributed by atoms with van der Waals surface area (Å²) in [4.78, 5) is 31.6. The number of aliphatic carboxylic acids is 1. The Morgan fingerprint density at radius 1 is 1.44 bits per heavy atom. The molecule has 0 aliphatic rings. The first-order valence-electron chi connectivity index (χ1n) is 4.11. The van der Waals surface area contributed by atoms with Crippen molar-refractivity contribution in [1.82, 2.24) is 0 Å². The lowest BCUT2D eigenvalue weighted by Crippen LogP contribution is -2.10. The summed E-state index contributed by atoms with van der Waals surface area (Å²) in [5, 5.41) is 18.9. The predicted molar refractivity (Wildman–Crippen MR) is 54.7 cm³/mol. The van der Waals surface area contributed by atoms with Crippen LogP contribution >= 0.6 is 11.6 Å². The predicted octanol–water partition coefficient (Wildman–Crippen LogP) is 1.91. The van der Waals surface area contributed by atoms with Gasteiger partial charge in [0.05, 0.1) is 9.95 Å². The summed E-state index contributed by atoms with van der Waals surface area (Å²) >= 11 is 5.63. The van der Waals surface area contributed by atoms with Crippen molar-refractivity contribution >= 4 is 29.0 Å². The summed E-state index contributed by atoms with van der Waals surface area (Å²) in [6.07, 6.45) is -0.829. The van der Waals surface area contributed by atoms with Crippen molar-refractivity contribution in [3.8, 4) is 0 Å². The molecular formula is C9H6ClNO5. The second-order valence-electron chi connectivity index (χ2n) is 2.88. The molecule has 0 radical (unpaired) electrons. The van der Waals surface area contributed by atoms with Crippen LogP contribution in [0.1, 0.15) is 16.8 Å². The zero-order valence-electron chi connectivity index (χ0n) is 7.84. The third-order valence-corrected chi connectivity index (χ3v) is 2.09. The highest BCUT2D eigenvalue weighted by atomic mass is 35.5. The van der Waals surface area contributed by atoms with E-state index in [0.717, 1.165) is 6.07 Å². The number of hydrogen-bond acceptors (Lipinski definition) is 4. The van der Waals surface area contributed by atoms with Crippen LogP contribution in [0.25, 0.3) is 0 Å². The molecule has 0 bridgehead atoms. The fraction of sp³-hybridized carbons (Fsp3) is 0.111. The van der Waals surface area contributed by atoms with Gasteiger partial charge in [0.25, 0.3) is 5.69 Å². The molecule has 0 fully saturated rings. The normalized spacial score (nSPS) is 9.81. The van der Waals surface area contributed by atoms with Crippen molar-refractivity contribution in [3.05, 3.63) is 38.9 Å². The van der Waals surface area contributed by atoms with Crippen LogP contribution in [0, 0.1) is 10.1 Å².